The number of hydrogen-bond donors (Lipinski definition) is 2. The highest BCUT2D eigenvalue weighted by Crippen LogP contribution is 2.33. The first kappa shape index (κ1) is 15.5. The zero-order chi connectivity index (χ0) is 14.8. The number of anilines is 1. The fourth-order valence-corrected chi connectivity index (χ4v) is 2.29. The zero-order valence-electron chi connectivity index (χ0n) is 12.6. The van der Waals surface area contributed by atoms with Gasteiger partial charge in [-0.25, -0.2) is 0 Å². The molecule has 0 radical (unpaired) electrons. The summed E-state index contributed by atoms with van der Waals surface area (Å²) >= 11 is 0. The molecule has 0 bridgehead atoms. The molecule has 3 nitrogen and oxygen atoms in total. The molecule has 0 aliphatic heterocycles. The first-order chi connectivity index (χ1) is 8.61. The lowest BCUT2D eigenvalue weighted by molar-refractivity contribution is -0.139. The molecule has 3 heteroatoms. The molecule has 1 atom stereocenters. The molecule has 0 aliphatic carbocycles. The molecule has 1 rings (SSSR count). The quantitative estimate of drug-likeness (QED) is 0.810. The van der Waals surface area contributed by atoms with Gasteiger partial charge in [-0.15, -0.1) is 0 Å². The highest BCUT2D eigenvalue weighted by molar-refractivity contribution is 5.79. The number of aliphatic carboxylic acids is 1. The summed E-state index contributed by atoms with van der Waals surface area (Å²) < 4.78 is 0. The van der Waals surface area contributed by atoms with Crippen LogP contribution < -0.4 is 5.73 Å². The van der Waals surface area contributed by atoms with Crippen LogP contribution in [0.2, 0.25) is 0 Å². The number of rotatable bonds is 4. The Hall–Kier alpha value is -1.51. The minimum Gasteiger partial charge on any atom is -0.481 e. The predicted octanol–water partition coefficient (Wildman–Crippen LogP) is 3.88. The second-order valence-electron chi connectivity index (χ2n) is 6.57. The van der Waals surface area contributed by atoms with E-state index in [1.54, 1.807) is 0 Å². The van der Waals surface area contributed by atoms with E-state index in [1.807, 2.05) is 26.0 Å². The molecule has 1 aromatic rings. The Morgan fingerprint density at radius 3 is 2.37 bits per heavy atom. The normalized spacial score (nSPS) is 13.3. The monoisotopic (exact) mass is 263 g/mol. The smallest absolute Gasteiger partial charge is 0.311 e. The van der Waals surface area contributed by atoms with Crippen LogP contribution in [0.25, 0.3) is 0 Å². The van der Waals surface area contributed by atoms with E-state index in [9.17, 15) is 9.90 Å². The van der Waals surface area contributed by atoms with Crippen molar-refractivity contribution in [3.63, 3.8) is 0 Å². The van der Waals surface area contributed by atoms with Gasteiger partial charge in [0.1, 0.15) is 0 Å². The Morgan fingerprint density at radius 1 is 1.32 bits per heavy atom. The molecule has 19 heavy (non-hydrogen) atoms. The van der Waals surface area contributed by atoms with Crippen molar-refractivity contribution in [3.8, 4) is 0 Å². The van der Waals surface area contributed by atoms with Gasteiger partial charge in [0, 0.05) is 5.69 Å². The molecule has 0 spiro atoms. The van der Waals surface area contributed by atoms with Gasteiger partial charge < -0.3 is 10.8 Å². The Bertz CT molecular complexity index is 472. The molecular weight excluding hydrogens is 238 g/mol. The summed E-state index contributed by atoms with van der Waals surface area (Å²) in [6.45, 7) is 10.3. The molecule has 0 saturated carbocycles. The number of aryl methyl sites for hydroxylation is 2. The van der Waals surface area contributed by atoms with Gasteiger partial charge in [-0.2, -0.15) is 0 Å². The number of benzene rings is 1. The number of hydrogen-bond acceptors (Lipinski definition) is 2. The van der Waals surface area contributed by atoms with Gasteiger partial charge in [-0.3, -0.25) is 4.79 Å². The van der Waals surface area contributed by atoms with Crippen LogP contribution in [0.15, 0.2) is 12.1 Å². The summed E-state index contributed by atoms with van der Waals surface area (Å²) in [4.78, 5) is 11.5. The number of nitrogens with two attached hydrogens (primary N) is 1. The third-order valence-corrected chi connectivity index (χ3v) is 3.42. The van der Waals surface area contributed by atoms with Crippen molar-refractivity contribution in [1.82, 2.24) is 0 Å². The number of carboxylic acids is 1. The zero-order valence-corrected chi connectivity index (χ0v) is 12.6. The molecule has 0 saturated heterocycles. The summed E-state index contributed by atoms with van der Waals surface area (Å²) in [5.74, 6) is -1.31. The van der Waals surface area contributed by atoms with Crippen LogP contribution in [0.4, 0.5) is 5.69 Å². The average Bonchev–Trinajstić information content (AvgIpc) is 2.22. The van der Waals surface area contributed by atoms with Crippen LogP contribution in [0.5, 0.6) is 0 Å². The van der Waals surface area contributed by atoms with E-state index in [1.165, 1.54) is 0 Å². The molecule has 0 fully saturated rings. The van der Waals surface area contributed by atoms with Crippen molar-refractivity contribution in [2.24, 2.45) is 5.41 Å². The van der Waals surface area contributed by atoms with Crippen molar-refractivity contribution in [3.05, 3.63) is 28.8 Å². The molecule has 3 N–H and O–H groups in total. The second-order valence-corrected chi connectivity index (χ2v) is 6.57. The van der Waals surface area contributed by atoms with Crippen molar-refractivity contribution in [2.75, 3.05) is 5.73 Å². The molecule has 0 heterocycles. The highest BCUT2D eigenvalue weighted by atomic mass is 16.4. The summed E-state index contributed by atoms with van der Waals surface area (Å²) in [5.41, 5.74) is 9.58. The fourth-order valence-electron chi connectivity index (χ4n) is 2.29. The summed E-state index contributed by atoms with van der Waals surface area (Å²) in [7, 11) is 0. The van der Waals surface area contributed by atoms with Gasteiger partial charge >= 0.3 is 5.97 Å². The average molecular weight is 263 g/mol. The number of nitrogen functional groups attached to an aromatic ring is 1. The molecule has 1 aromatic carbocycles. The Kier molecular flexibility index (Phi) is 4.61. The largest absolute Gasteiger partial charge is 0.481 e. The topological polar surface area (TPSA) is 63.3 Å². The maximum atomic E-state index is 11.5. The van der Waals surface area contributed by atoms with E-state index >= 15 is 0 Å². The van der Waals surface area contributed by atoms with Gasteiger partial charge in [0.05, 0.1) is 5.92 Å². The molecule has 0 amide bonds. The van der Waals surface area contributed by atoms with E-state index in [0.29, 0.717) is 12.1 Å². The molecule has 106 valence electrons. The fraction of sp³-hybridized carbons (Fsp3) is 0.562. The van der Waals surface area contributed by atoms with Gasteiger partial charge in [0.15, 0.2) is 0 Å². The Morgan fingerprint density at radius 2 is 1.89 bits per heavy atom. The molecule has 0 aromatic heterocycles. The summed E-state index contributed by atoms with van der Waals surface area (Å²) in [6.07, 6.45) is 1.47. The molecule has 0 aliphatic rings. The van der Waals surface area contributed by atoms with Crippen molar-refractivity contribution < 1.29 is 9.90 Å². The van der Waals surface area contributed by atoms with Gasteiger partial charge in [-0.1, -0.05) is 38.5 Å². The highest BCUT2D eigenvalue weighted by Gasteiger charge is 2.25. The van der Waals surface area contributed by atoms with Gasteiger partial charge in [0.2, 0.25) is 0 Å². The van der Waals surface area contributed by atoms with E-state index in [2.05, 4.69) is 20.8 Å². The van der Waals surface area contributed by atoms with E-state index in [0.717, 1.165) is 23.1 Å². The van der Waals surface area contributed by atoms with Crippen molar-refractivity contribution in [1.29, 1.82) is 0 Å². The van der Waals surface area contributed by atoms with Crippen LogP contribution >= 0.6 is 0 Å². The summed E-state index contributed by atoms with van der Waals surface area (Å²) in [5, 5.41) is 9.47. The predicted molar refractivity (Wildman–Crippen MR) is 79.4 cm³/mol. The molecular formula is C16H25NO2. The van der Waals surface area contributed by atoms with Crippen LogP contribution in [0.1, 0.15) is 56.2 Å². The van der Waals surface area contributed by atoms with Crippen molar-refractivity contribution in [2.45, 2.75) is 53.4 Å². The van der Waals surface area contributed by atoms with Crippen LogP contribution in [0, 0.1) is 19.3 Å². The first-order valence-corrected chi connectivity index (χ1v) is 6.71. The third kappa shape index (κ3) is 4.27. The summed E-state index contributed by atoms with van der Waals surface area (Å²) in [6, 6.07) is 3.89. The Balaban J connectivity index is 3.10. The Labute approximate surface area is 115 Å². The van der Waals surface area contributed by atoms with Gasteiger partial charge in [-0.05, 0) is 43.2 Å². The standard InChI is InChI=1S/C16H25NO2/c1-10-8-11(2)14(17)13(9-10)12(15(18)19)6-7-16(3,4)5/h8-9,12H,6-7,17H2,1-5H3,(H,18,19). The number of carbonyl (C=O) groups is 1. The minimum atomic E-state index is -0.791. The van der Waals surface area contributed by atoms with Gasteiger partial charge in [0.25, 0.3) is 0 Å². The van der Waals surface area contributed by atoms with Crippen LogP contribution in [0.3, 0.4) is 0 Å². The van der Waals surface area contributed by atoms with Crippen LogP contribution in [-0.2, 0) is 4.79 Å². The van der Waals surface area contributed by atoms with E-state index in [4.69, 9.17) is 5.73 Å². The minimum absolute atomic E-state index is 0.126. The first-order valence-electron chi connectivity index (χ1n) is 6.71. The molecule has 1 unspecified atom stereocenters. The van der Waals surface area contributed by atoms with Crippen molar-refractivity contribution >= 4 is 11.7 Å². The SMILES string of the molecule is Cc1cc(C)c(N)c(C(CCC(C)(C)C)C(=O)O)c1. The maximum Gasteiger partial charge on any atom is 0.311 e. The number of carboxylic acid groups (broad SMARTS) is 1. The van der Waals surface area contributed by atoms with Crippen LogP contribution in [-0.4, -0.2) is 11.1 Å². The third-order valence-electron chi connectivity index (χ3n) is 3.42. The lowest BCUT2D eigenvalue weighted by atomic mass is 9.83. The van der Waals surface area contributed by atoms with E-state index in [-0.39, 0.29) is 5.41 Å². The maximum absolute atomic E-state index is 11.5. The van der Waals surface area contributed by atoms with E-state index < -0.39 is 11.9 Å². The second kappa shape index (κ2) is 5.64. The lowest BCUT2D eigenvalue weighted by Gasteiger charge is -2.22. The lowest BCUT2D eigenvalue weighted by Crippen LogP contribution is -2.17.